The molecule has 0 N–H and O–H groups in total. The van der Waals surface area contributed by atoms with Gasteiger partial charge < -0.3 is 0 Å². The van der Waals surface area contributed by atoms with Crippen molar-refractivity contribution in [3.05, 3.63) is 67.3 Å². The normalized spacial score (nSPS) is 12.4. The number of rotatable bonds is 5. The molecular formula is C16H15N3S. The van der Waals surface area contributed by atoms with E-state index in [-0.39, 0.29) is 5.37 Å². The van der Waals surface area contributed by atoms with E-state index in [1.807, 2.05) is 47.2 Å². The smallest absolute Gasteiger partial charge is 0.113 e. The van der Waals surface area contributed by atoms with Gasteiger partial charge in [-0.1, -0.05) is 53.4 Å². The monoisotopic (exact) mass is 281 g/mol. The second-order valence-corrected chi connectivity index (χ2v) is 5.68. The molecule has 0 aliphatic heterocycles. The van der Waals surface area contributed by atoms with Crippen molar-refractivity contribution in [3.8, 4) is 0 Å². The first-order valence-corrected chi connectivity index (χ1v) is 7.39. The van der Waals surface area contributed by atoms with Crippen LogP contribution in [0.4, 0.5) is 0 Å². The first-order chi connectivity index (χ1) is 9.88. The van der Waals surface area contributed by atoms with E-state index in [1.165, 1.54) is 4.90 Å². The molecule has 1 heterocycles. The number of nitrogens with zero attached hydrogens (tertiary/aromatic N) is 3. The first kappa shape index (κ1) is 12.9. The van der Waals surface area contributed by atoms with Crippen molar-refractivity contribution in [1.29, 1.82) is 0 Å². The number of hydrogen-bond donors (Lipinski definition) is 0. The molecule has 100 valence electrons. The van der Waals surface area contributed by atoms with Crippen LogP contribution in [0.5, 0.6) is 0 Å². The molecule has 3 nitrogen and oxygen atoms in total. The number of benzene rings is 2. The molecule has 1 atom stereocenters. The maximum absolute atomic E-state index is 4.31. The van der Waals surface area contributed by atoms with Gasteiger partial charge >= 0.3 is 0 Å². The van der Waals surface area contributed by atoms with Gasteiger partial charge in [0.25, 0.3) is 0 Å². The minimum atomic E-state index is 0.169. The van der Waals surface area contributed by atoms with Gasteiger partial charge in [0.15, 0.2) is 0 Å². The van der Waals surface area contributed by atoms with Crippen LogP contribution in [0.3, 0.4) is 0 Å². The highest BCUT2D eigenvalue weighted by molar-refractivity contribution is 7.99. The standard InChI is InChI=1S/C16H15N3S/c1-2-8-16(20-13-9-4-3-5-10-13)19-15-12-7-6-11-14(15)17-18-19/h2-7,9-12,16H,1,8H2. The van der Waals surface area contributed by atoms with Gasteiger partial charge in [0.2, 0.25) is 0 Å². The zero-order chi connectivity index (χ0) is 13.8. The number of aromatic nitrogens is 3. The highest BCUT2D eigenvalue weighted by Gasteiger charge is 2.15. The third-order valence-corrected chi connectivity index (χ3v) is 4.24. The summed E-state index contributed by atoms with van der Waals surface area (Å²) in [6, 6.07) is 18.4. The molecule has 0 aliphatic carbocycles. The Hall–Kier alpha value is -2.07. The highest BCUT2D eigenvalue weighted by Crippen LogP contribution is 2.34. The minimum absolute atomic E-state index is 0.169. The summed E-state index contributed by atoms with van der Waals surface area (Å²) in [5.74, 6) is 0. The van der Waals surface area contributed by atoms with Gasteiger partial charge in [-0.3, -0.25) is 0 Å². The predicted octanol–water partition coefficient (Wildman–Crippen LogP) is 4.30. The molecule has 0 saturated heterocycles. The topological polar surface area (TPSA) is 30.7 Å². The summed E-state index contributed by atoms with van der Waals surface area (Å²) in [5.41, 5.74) is 1.98. The van der Waals surface area contributed by atoms with Crippen molar-refractivity contribution in [2.24, 2.45) is 0 Å². The molecule has 4 heteroatoms. The van der Waals surface area contributed by atoms with Crippen LogP contribution in [-0.4, -0.2) is 15.0 Å². The van der Waals surface area contributed by atoms with Crippen molar-refractivity contribution in [1.82, 2.24) is 15.0 Å². The Balaban J connectivity index is 1.96. The van der Waals surface area contributed by atoms with Gasteiger partial charge in [0.05, 0.1) is 5.52 Å². The lowest BCUT2D eigenvalue weighted by Crippen LogP contribution is -2.06. The van der Waals surface area contributed by atoms with Crippen LogP contribution in [0.15, 0.2) is 72.1 Å². The van der Waals surface area contributed by atoms with Crippen molar-refractivity contribution in [2.45, 2.75) is 16.7 Å². The van der Waals surface area contributed by atoms with Crippen molar-refractivity contribution in [3.63, 3.8) is 0 Å². The van der Waals surface area contributed by atoms with Crippen LogP contribution in [-0.2, 0) is 0 Å². The Bertz CT molecular complexity index is 706. The molecule has 1 unspecified atom stereocenters. The van der Waals surface area contributed by atoms with Crippen LogP contribution in [0.25, 0.3) is 11.0 Å². The van der Waals surface area contributed by atoms with Gasteiger partial charge in [-0.15, -0.1) is 11.7 Å². The van der Waals surface area contributed by atoms with E-state index in [1.54, 1.807) is 11.8 Å². The second-order valence-electron chi connectivity index (χ2n) is 4.43. The number of allylic oxidation sites excluding steroid dienone is 1. The number of fused-ring (bicyclic) bond motifs is 1. The lowest BCUT2D eigenvalue weighted by Gasteiger charge is -2.15. The molecule has 0 spiro atoms. The summed E-state index contributed by atoms with van der Waals surface area (Å²) in [6.07, 6.45) is 2.77. The summed E-state index contributed by atoms with van der Waals surface area (Å²) in [4.78, 5) is 1.22. The molecule has 0 saturated carbocycles. The molecular weight excluding hydrogens is 266 g/mol. The zero-order valence-corrected chi connectivity index (χ0v) is 11.8. The summed E-state index contributed by atoms with van der Waals surface area (Å²) in [6.45, 7) is 3.86. The van der Waals surface area contributed by atoms with Gasteiger partial charge in [-0.25, -0.2) is 4.68 Å². The Morgan fingerprint density at radius 3 is 2.65 bits per heavy atom. The second kappa shape index (κ2) is 5.92. The molecule has 0 radical (unpaired) electrons. The molecule has 0 fully saturated rings. The maximum Gasteiger partial charge on any atom is 0.113 e. The molecule has 1 aromatic heterocycles. The fourth-order valence-electron chi connectivity index (χ4n) is 2.10. The largest absolute Gasteiger partial charge is 0.231 e. The van der Waals surface area contributed by atoms with Crippen molar-refractivity contribution < 1.29 is 0 Å². The van der Waals surface area contributed by atoms with E-state index < -0.39 is 0 Å². The van der Waals surface area contributed by atoms with Gasteiger partial charge in [0, 0.05) is 4.90 Å². The molecule has 0 amide bonds. The predicted molar refractivity (Wildman–Crippen MR) is 83.7 cm³/mol. The Morgan fingerprint density at radius 1 is 1.10 bits per heavy atom. The van der Waals surface area contributed by atoms with Crippen molar-refractivity contribution >= 4 is 22.8 Å². The van der Waals surface area contributed by atoms with Crippen LogP contribution < -0.4 is 0 Å². The van der Waals surface area contributed by atoms with Crippen LogP contribution in [0.1, 0.15) is 11.8 Å². The summed E-state index contributed by atoms with van der Waals surface area (Å²) < 4.78 is 1.98. The minimum Gasteiger partial charge on any atom is -0.231 e. The number of para-hydroxylation sites is 1. The van der Waals surface area contributed by atoms with Crippen molar-refractivity contribution in [2.75, 3.05) is 0 Å². The third-order valence-electron chi connectivity index (χ3n) is 3.03. The van der Waals surface area contributed by atoms with E-state index in [2.05, 4.69) is 35.1 Å². The summed E-state index contributed by atoms with van der Waals surface area (Å²) in [7, 11) is 0. The van der Waals surface area contributed by atoms with Gasteiger partial charge in [-0.05, 0) is 30.7 Å². The van der Waals surface area contributed by atoms with E-state index in [4.69, 9.17) is 0 Å². The highest BCUT2D eigenvalue weighted by atomic mass is 32.2. The average molecular weight is 281 g/mol. The van der Waals surface area contributed by atoms with E-state index in [0.29, 0.717) is 0 Å². The first-order valence-electron chi connectivity index (χ1n) is 6.51. The molecule has 0 aliphatic rings. The summed E-state index contributed by atoms with van der Waals surface area (Å²) >= 11 is 1.78. The Kier molecular flexibility index (Phi) is 3.83. The zero-order valence-electron chi connectivity index (χ0n) is 11.0. The Labute approximate surface area is 122 Å². The fraction of sp³-hybridized carbons (Fsp3) is 0.125. The van der Waals surface area contributed by atoms with E-state index in [0.717, 1.165) is 17.5 Å². The molecule has 3 aromatic rings. The fourth-order valence-corrected chi connectivity index (χ4v) is 3.21. The quantitative estimate of drug-likeness (QED) is 0.516. The molecule has 2 aromatic carbocycles. The van der Waals surface area contributed by atoms with Crippen LogP contribution >= 0.6 is 11.8 Å². The SMILES string of the molecule is C=CCC(Sc1ccccc1)n1nnc2ccccc21. The van der Waals surface area contributed by atoms with Gasteiger partial charge in [0.1, 0.15) is 10.9 Å². The molecule has 20 heavy (non-hydrogen) atoms. The molecule has 3 rings (SSSR count). The van der Waals surface area contributed by atoms with E-state index >= 15 is 0 Å². The van der Waals surface area contributed by atoms with Gasteiger partial charge in [-0.2, -0.15) is 0 Å². The maximum atomic E-state index is 4.31. The van der Waals surface area contributed by atoms with Crippen LogP contribution in [0.2, 0.25) is 0 Å². The van der Waals surface area contributed by atoms with Crippen LogP contribution in [0, 0.1) is 0 Å². The lowest BCUT2D eigenvalue weighted by atomic mass is 10.3. The average Bonchev–Trinajstić information content (AvgIpc) is 2.92. The summed E-state index contributed by atoms with van der Waals surface area (Å²) in [5, 5.41) is 8.71. The molecule has 0 bridgehead atoms. The lowest BCUT2D eigenvalue weighted by molar-refractivity contribution is 0.599. The van der Waals surface area contributed by atoms with E-state index in [9.17, 15) is 0 Å². The third kappa shape index (κ3) is 2.60. The number of hydrogen-bond acceptors (Lipinski definition) is 3. The Morgan fingerprint density at radius 2 is 1.85 bits per heavy atom. The number of thioether (sulfide) groups is 1.